The van der Waals surface area contributed by atoms with E-state index >= 15 is 0 Å². The van der Waals surface area contributed by atoms with E-state index in [2.05, 4.69) is 23.7 Å². The highest BCUT2D eigenvalue weighted by Gasteiger charge is 1.98. The van der Waals surface area contributed by atoms with Crippen molar-refractivity contribution >= 4 is 23.0 Å². The van der Waals surface area contributed by atoms with E-state index in [9.17, 15) is 0 Å². The van der Waals surface area contributed by atoms with Crippen LogP contribution in [0.1, 0.15) is 11.1 Å². The maximum Gasteiger partial charge on any atom is 0.185 e. The molecule has 4 heteroatoms. The number of rotatable bonds is 1. The molecule has 0 bridgehead atoms. The molecule has 1 aromatic rings. The van der Waals surface area contributed by atoms with Gasteiger partial charge in [-0.3, -0.25) is 0 Å². The van der Waals surface area contributed by atoms with Crippen LogP contribution < -0.4 is 16.6 Å². The predicted molar refractivity (Wildman–Crippen MR) is 59.5 cm³/mol. The average Bonchev–Trinajstić information content (AvgIpc) is 2.09. The van der Waals surface area contributed by atoms with Crippen LogP contribution in [0.4, 0.5) is 5.69 Å². The zero-order chi connectivity index (χ0) is 9.84. The molecule has 0 amide bonds. The molecular weight excluding hydrogens is 182 g/mol. The summed E-state index contributed by atoms with van der Waals surface area (Å²) in [5.41, 5.74) is 5.74. The molecular formula is C9H13N3S. The number of aryl methyl sites for hydroxylation is 2. The number of hydrazine groups is 1. The Morgan fingerprint density at radius 1 is 1.38 bits per heavy atom. The van der Waals surface area contributed by atoms with E-state index in [1.54, 1.807) is 0 Å². The SMILES string of the molecule is Cc1ccc(NC(=S)NN)c(C)c1. The molecule has 0 saturated heterocycles. The fourth-order valence-electron chi connectivity index (χ4n) is 1.11. The number of hydrogen-bond donors (Lipinski definition) is 3. The molecule has 0 aliphatic rings. The molecule has 4 N–H and O–H groups in total. The molecule has 0 unspecified atom stereocenters. The highest BCUT2D eigenvalue weighted by molar-refractivity contribution is 7.80. The minimum Gasteiger partial charge on any atom is -0.331 e. The van der Waals surface area contributed by atoms with Crippen molar-refractivity contribution in [3.63, 3.8) is 0 Å². The standard InChI is InChI=1S/C9H13N3S/c1-6-3-4-8(7(2)5-6)11-9(13)12-10/h3-5H,10H2,1-2H3,(H2,11,12,13). The maximum atomic E-state index is 5.15. The lowest BCUT2D eigenvalue weighted by atomic mass is 10.1. The highest BCUT2D eigenvalue weighted by atomic mass is 32.1. The molecule has 70 valence electrons. The number of hydrogen-bond acceptors (Lipinski definition) is 2. The Kier molecular flexibility index (Phi) is 3.22. The van der Waals surface area contributed by atoms with Gasteiger partial charge in [-0.15, -0.1) is 0 Å². The van der Waals surface area contributed by atoms with E-state index in [4.69, 9.17) is 18.1 Å². The first kappa shape index (κ1) is 9.95. The largest absolute Gasteiger partial charge is 0.331 e. The van der Waals surface area contributed by atoms with E-state index in [-0.39, 0.29) is 0 Å². The third-order valence-corrected chi connectivity index (χ3v) is 1.98. The topological polar surface area (TPSA) is 50.1 Å². The van der Waals surface area contributed by atoms with Gasteiger partial charge in [-0.25, -0.2) is 5.84 Å². The van der Waals surface area contributed by atoms with E-state index in [0.717, 1.165) is 11.3 Å². The first-order valence-corrected chi connectivity index (χ1v) is 4.39. The number of nitrogens with one attached hydrogen (secondary N) is 2. The van der Waals surface area contributed by atoms with E-state index in [0.29, 0.717) is 5.11 Å². The van der Waals surface area contributed by atoms with Crippen molar-refractivity contribution in [2.75, 3.05) is 5.32 Å². The summed E-state index contributed by atoms with van der Waals surface area (Å²) in [6.07, 6.45) is 0. The Bertz CT molecular complexity index is 323. The van der Waals surface area contributed by atoms with Crippen molar-refractivity contribution in [2.24, 2.45) is 5.84 Å². The van der Waals surface area contributed by atoms with E-state index < -0.39 is 0 Å². The Balaban J connectivity index is 2.83. The van der Waals surface area contributed by atoms with Crippen LogP contribution in [-0.2, 0) is 0 Å². The van der Waals surface area contributed by atoms with Crippen LogP contribution in [0.5, 0.6) is 0 Å². The summed E-state index contributed by atoms with van der Waals surface area (Å²) < 4.78 is 0. The molecule has 0 aliphatic heterocycles. The van der Waals surface area contributed by atoms with Crippen molar-refractivity contribution in [1.29, 1.82) is 0 Å². The van der Waals surface area contributed by atoms with E-state index in [1.807, 2.05) is 19.1 Å². The molecule has 0 aliphatic carbocycles. The van der Waals surface area contributed by atoms with Crippen molar-refractivity contribution in [1.82, 2.24) is 5.43 Å². The van der Waals surface area contributed by atoms with Gasteiger partial charge in [-0.05, 0) is 37.7 Å². The van der Waals surface area contributed by atoms with Crippen LogP contribution in [0.15, 0.2) is 18.2 Å². The van der Waals surface area contributed by atoms with Crippen LogP contribution in [-0.4, -0.2) is 5.11 Å². The fourth-order valence-corrected chi connectivity index (χ4v) is 1.22. The average molecular weight is 195 g/mol. The quantitative estimate of drug-likeness (QED) is 0.361. The highest BCUT2D eigenvalue weighted by Crippen LogP contribution is 2.15. The molecule has 0 atom stereocenters. The van der Waals surface area contributed by atoms with Gasteiger partial charge in [0.2, 0.25) is 0 Å². The van der Waals surface area contributed by atoms with Crippen molar-refractivity contribution in [2.45, 2.75) is 13.8 Å². The molecule has 0 radical (unpaired) electrons. The number of thiocarbonyl (C=S) groups is 1. The molecule has 13 heavy (non-hydrogen) atoms. The van der Waals surface area contributed by atoms with Crippen LogP contribution in [0, 0.1) is 13.8 Å². The minimum absolute atomic E-state index is 0.423. The third-order valence-electron chi connectivity index (χ3n) is 1.76. The monoisotopic (exact) mass is 195 g/mol. The Labute approximate surface area is 83.3 Å². The summed E-state index contributed by atoms with van der Waals surface area (Å²) in [6.45, 7) is 4.07. The van der Waals surface area contributed by atoms with Gasteiger partial charge in [0.05, 0.1) is 0 Å². The Morgan fingerprint density at radius 2 is 2.08 bits per heavy atom. The van der Waals surface area contributed by atoms with Crippen LogP contribution in [0.3, 0.4) is 0 Å². The molecule has 0 aromatic heterocycles. The van der Waals surface area contributed by atoms with Gasteiger partial charge in [0.1, 0.15) is 0 Å². The van der Waals surface area contributed by atoms with Crippen LogP contribution in [0.25, 0.3) is 0 Å². The predicted octanol–water partition coefficient (Wildman–Crippen LogP) is 1.46. The zero-order valence-corrected chi connectivity index (χ0v) is 8.53. The zero-order valence-electron chi connectivity index (χ0n) is 7.72. The number of benzene rings is 1. The summed E-state index contributed by atoms with van der Waals surface area (Å²) in [7, 11) is 0. The van der Waals surface area contributed by atoms with Crippen LogP contribution in [0.2, 0.25) is 0 Å². The molecule has 1 rings (SSSR count). The van der Waals surface area contributed by atoms with Gasteiger partial charge in [0.25, 0.3) is 0 Å². The second-order valence-electron chi connectivity index (χ2n) is 2.92. The summed E-state index contributed by atoms with van der Waals surface area (Å²) >= 11 is 4.88. The summed E-state index contributed by atoms with van der Waals surface area (Å²) in [6, 6.07) is 6.09. The van der Waals surface area contributed by atoms with Crippen molar-refractivity contribution in [3.8, 4) is 0 Å². The Hall–Kier alpha value is -1.13. The third kappa shape index (κ3) is 2.68. The summed E-state index contributed by atoms with van der Waals surface area (Å²) in [5.74, 6) is 5.15. The second-order valence-corrected chi connectivity index (χ2v) is 3.33. The lowest BCUT2D eigenvalue weighted by Gasteiger charge is -2.09. The van der Waals surface area contributed by atoms with Gasteiger partial charge in [-0.2, -0.15) is 0 Å². The molecule has 3 nitrogen and oxygen atoms in total. The summed E-state index contributed by atoms with van der Waals surface area (Å²) in [5, 5.41) is 3.41. The second kappa shape index (κ2) is 4.20. The smallest absolute Gasteiger partial charge is 0.185 e. The summed E-state index contributed by atoms with van der Waals surface area (Å²) in [4.78, 5) is 0. The fraction of sp³-hybridized carbons (Fsp3) is 0.222. The molecule has 0 heterocycles. The van der Waals surface area contributed by atoms with Gasteiger partial charge in [-0.1, -0.05) is 17.7 Å². The van der Waals surface area contributed by atoms with E-state index in [1.165, 1.54) is 5.56 Å². The van der Waals surface area contributed by atoms with Crippen molar-refractivity contribution < 1.29 is 0 Å². The lowest BCUT2D eigenvalue weighted by Crippen LogP contribution is -2.34. The van der Waals surface area contributed by atoms with Crippen molar-refractivity contribution in [3.05, 3.63) is 29.3 Å². The lowest BCUT2D eigenvalue weighted by molar-refractivity contribution is 1.04. The molecule has 0 fully saturated rings. The van der Waals surface area contributed by atoms with Gasteiger partial charge in [0, 0.05) is 5.69 Å². The minimum atomic E-state index is 0.423. The van der Waals surface area contributed by atoms with Gasteiger partial charge < -0.3 is 10.7 Å². The molecule has 1 aromatic carbocycles. The normalized spacial score (nSPS) is 9.46. The molecule has 0 saturated carbocycles. The first-order chi connectivity index (χ1) is 6.13. The maximum absolute atomic E-state index is 5.15. The van der Waals surface area contributed by atoms with Crippen LogP contribution >= 0.6 is 12.2 Å². The van der Waals surface area contributed by atoms with Gasteiger partial charge in [0.15, 0.2) is 5.11 Å². The number of nitrogens with two attached hydrogens (primary N) is 1. The van der Waals surface area contributed by atoms with Gasteiger partial charge >= 0.3 is 0 Å². The Morgan fingerprint density at radius 3 is 2.62 bits per heavy atom. The number of anilines is 1. The first-order valence-electron chi connectivity index (χ1n) is 3.98. The molecule has 0 spiro atoms.